The van der Waals surface area contributed by atoms with Crippen LogP contribution in [-0.2, 0) is 10.0 Å². The molecule has 0 spiro atoms. The molecule has 5 nitrogen and oxygen atoms in total. The molecule has 2 rings (SSSR count). The quantitative estimate of drug-likeness (QED) is 0.705. The first-order valence-corrected chi connectivity index (χ1v) is 5.09. The van der Waals surface area contributed by atoms with Crippen molar-refractivity contribution < 1.29 is 13.5 Å². The molecule has 0 amide bonds. The van der Waals surface area contributed by atoms with E-state index >= 15 is 0 Å². The first kappa shape index (κ1) is 7.60. The summed E-state index contributed by atoms with van der Waals surface area (Å²) >= 11 is 0. The van der Waals surface area contributed by atoms with Gasteiger partial charge in [-0.2, -0.15) is 9.19 Å². The van der Waals surface area contributed by atoms with Crippen LogP contribution in [0.4, 0.5) is 0 Å². The van der Waals surface area contributed by atoms with Gasteiger partial charge in [-0.15, -0.1) is 0 Å². The van der Waals surface area contributed by atoms with Crippen molar-refractivity contribution >= 4 is 10.0 Å². The molecule has 12 heavy (non-hydrogen) atoms. The Morgan fingerprint density at radius 1 is 1.58 bits per heavy atom. The fraction of sp³-hybridized carbons (Fsp3) is 0.500. The van der Waals surface area contributed by atoms with Crippen LogP contribution in [0.3, 0.4) is 0 Å². The summed E-state index contributed by atoms with van der Waals surface area (Å²) in [6, 6.07) is 0. The summed E-state index contributed by atoms with van der Waals surface area (Å²) in [6.07, 6.45) is 3.61. The Hall–Kier alpha value is -1.04. The van der Waals surface area contributed by atoms with E-state index in [1.54, 1.807) is 0 Å². The molecule has 1 N–H and O–H groups in total. The lowest BCUT2D eigenvalue weighted by Crippen LogP contribution is -2.17. The van der Waals surface area contributed by atoms with E-state index in [4.69, 9.17) is 5.11 Å². The highest BCUT2D eigenvalue weighted by molar-refractivity contribution is 7.90. The molecular formula is C6H8N2O3S. The predicted molar refractivity (Wildman–Crippen MR) is 41.2 cm³/mol. The zero-order chi connectivity index (χ0) is 8.77. The van der Waals surface area contributed by atoms with Gasteiger partial charge in [0.05, 0.1) is 17.6 Å². The van der Waals surface area contributed by atoms with E-state index in [9.17, 15) is 8.42 Å². The van der Waals surface area contributed by atoms with Crippen molar-refractivity contribution in [2.75, 3.05) is 0 Å². The number of nitrogens with zero attached hydrogens (tertiary/aromatic N) is 2. The van der Waals surface area contributed by atoms with Crippen LogP contribution in [0.5, 0.6) is 5.75 Å². The molecule has 1 heterocycles. The molecule has 0 aromatic carbocycles. The number of hydrogen-bond acceptors (Lipinski definition) is 4. The van der Waals surface area contributed by atoms with Crippen molar-refractivity contribution in [3.8, 4) is 5.75 Å². The minimum Gasteiger partial charge on any atom is -0.505 e. The topological polar surface area (TPSA) is 72.2 Å². The number of aromatic hydroxyl groups is 1. The Balaban J connectivity index is 2.41. The van der Waals surface area contributed by atoms with E-state index in [0.717, 1.165) is 16.5 Å². The Morgan fingerprint density at radius 2 is 2.25 bits per heavy atom. The standard InChI is InChI=1S/C6H8N2O3S/c9-5-3-7-8(4-5)12(10,11)6-1-2-6/h3-4,6,9H,1-2H2. The van der Waals surface area contributed by atoms with Crippen molar-refractivity contribution in [3.05, 3.63) is 12.4 Å². The SMILES string of the molecule is O=S(=O)(C1CC1)n1cc(O)cn1. The molecule has 1 aliphatic rings. The normalized spacial score (nSPS) is 18.0. The van der Waals surface area contributed by atoms with Crippen LogP contribution in [0.25, 0.3) is 0 Å². The highest BCUT2D eigenvalue weighted by atomic mass is 32.2. The maximum absolute atomic E-state index is 11.4. The number of rotatable bonds is 2. The molecule has 0 radical (unpaired) electrons. The fourth-order valence-corrected chi connectivity index (χ4v) is 2.42. The highest BCUT2D eigenvalue weighted by Crippen LogP contribution is 2.29. The third kappa shape index (κ3) is 1.08. The van der Waals surface area contributed by atoms with Crippen molar-refractivity contribution in [1.29, 1.82) is 0 Å². The Labute approximate surface area is 69.7 Å². The van der Waals surface area contributed by atoms with E-state index in [-0.39, 0.29) is 11.0 Å². The second-order valence-electron chi connectivity index (χ2n) is 2.82. The van der Waals surface area contributed by atoms with Crippen LogP contribution < -0.4 is 0 Å². The predicted octanol–water partition coefficient (Wildman–Crippen LogP) is -0.0710. The van der Waals surface area contributed by atoms with Crippen LogP contribution in [0.15, 0.2) is 12.4 Å². The third-order valence-electron chi connectivity index (χ3n) is 1.75. The maximum Gasteiger partial charge on any atom is 0.256 e. The minimum atomic E-state index is -3.30. The smallest absolute Gasteiger partial charge is 0.256 e. The first-order chi connectivity index (χ1) is 5.60. The molecule has 0 unspecified atom stereocenters. The summed E-state index contributed by atoms with van der Waals surface area (Å²) in [5.74, 6) is -0.126. The van der Waals surface area contributed by atoms with Crippen molar-refractivity contribution in [1.82, 2.24) is 9.19 Å². The van der Waals surface area contributed by atoms with Crippen molar-refractivity contribution in [2.24, 2.45) is 0 Å². The molecule has 0 aliphatic heterocycles. The summed E-state index contributed by atoms with van der Waals surface area (Å²) < 4.78 is 23.6. The Kier molecular flexibility index (Phi) is 1.41. The summed E-state index contributed by atoms with van der Waals surface area (Å²) in [5, 5.41) is 12.1. The van der Waals surface area contributed by atoms with E-state index < -0.39 is 10.0 Å². The van der Waals surface area contributed by atoms with E-state index in [0.29, 0.717) is 12.8 Å². The molecule has 66 valence electrons. The van der Waals surface area contributed by atoms with Crippen molar-refractivity contribution in [2.45, 2.75) is 18.1 Å². The molecule has 1 aliphatic carbocycles. The molecule has 1 fully saturated rings. The molecule has 0 bridgehead atoms. The van der Waals surface area contributed by atoms with Gasteiger partial charge in [-0.3, -0.25) is 0 Å². The van der Waals surface area contributed by atoms with Gasteiger partial charge < -0.3 is 5.11 Å². The molecule has 6 heteroatoms. The minimum absolute atomic E-state index is 0.126. The average Bonchev–Trinajstić information content (AvgIpc) is 2.75. The lowest BCUT2D eigenvalue weighted by atomic mass is 10.7. The summed E-state index contributed by atoms with van der Waals surface area (Å²) in [6.45, 7) is 0. The molecule has 1 aromatic heterocycles. The fourth-order valence-electron chi connectivity index (χ4n) is 0.954. The molecule has 0 saturated heterocycles. The second-order valence-corrected chi connectivity index (χ2v) is 4.89. The van der Waals surface area contributed by atoms with E-state index in [1.165, 1.54) is 0 Å². The van der Waals surface area contributed by atoms with Crippen LogP contribution >= 0.6 is 0 Å². The highest BCUT2D eigenvalue weighted by Gasteiger charge is 2.37. The average molecular weight is 188 g/mol. The second kappa shape index (κ2) is 2.22. The summed E-state index contributed by atoms with van der Waals surface area (Å²) in [4.78, 5) is 0. The summed E-state index contributed by atoms with van der Waals surface area (Å²) in [7, 11) is -3.30. The van der Waals surface area contributed by atoms with Gasteiger partial charge in [0.25, 0.3) is 10.0 Å². The van der Waals surface area contributed by atoms with Gasteiger partial charge >= 0.3 is 0 Å². The zero-order valence-electron chi connectivity index (χ0n) is 6.21. The van der Waals surface area contributed by atoms with E-state index in [2.05, 4.69) is 5.10 Å². The van der Waals surface area contributed by atoms with Crippen molar-refractivity contribution in [3.63, 3.8) is 0 Å². The maximum atomic E-state index is 11.4. The lowest BCUT2D eigenvalue weighted by Gasteiger charge is -1.99. The van der Waals surface area contributed by atoms with Gasteiger partial charge in [-0.05, 0) is 12.8 Å². The molecular weight excluding hydrogens is 180 g/mol. The molecule has 1 aromatic rings. The Bertz CT molecular complexity index is 391. The van der Waals surface area contributed by atoms with Gasteiger partial charge in [0, 0.05) is 0 Å². The molecule has 0 atom stereocenters. The molecule has 1 saturated carbocycles. The first-order valence-electron chi connectivity index (χ1n) is 3.59. The van der Waals surface area contributed by atoms with Gasteiger partial charge in [0.1, 0.15) is 0 Å². The number of aromatic nitrogens is 2. The van der Waals surface area contributed by atoms with E-state index in [1.807, 2.05) is 0 Å². The largest absolute Gasteiger partial charge is 0.505 e. The Morgan fingerprint density at radius 3 is 2.67 bits per heavy atom. The third-order valence-corrected chi connectivity index (χ3v) is 3.79. The van der Waals surface area contributed by atoms with Crippen LogP contribution in [0.1, 0.15) is 12.8 Å². The zero-order valence-corrected chi connectivity index (χ0v) is 7.03. The van der Waals surface area contributed by atoms with Gasteiger partial charge in [0.15, 0.2) is 5.75 Å². The number of hydrogen-bond donors (Lipinski definition) is 1. The van der Waals surface area contributed by atoms with Gasteiger partial charge in [-0.25, -0.2) is 8.42 Å². The van der Waals surface area contributed by atoms with Crippen LogP contribution in [-0.4, -0.2) is 28.0 Å². The van der Waals surface area contributed by atoms with Gasteiger partial charge in [-0.1, -0.05) is 0 Å². The monoisotopic (exact) mass is 188 g/mol. The van der Waals surface area contributed by atoms with Crippen LogP contribution in [0.2, 0.25) is 0 Å². The van der Waals surface area contributed by atoms with Gasteiger partial charge in [0.2, 0.25) is 0 Å². The summed E-state index contributed by atoms with van der Waals surface area (Å²) in [5.41, 5.74) is 0. The van der Waals surface area contributed by atoms with Crippen LogP contribution in [0, 0.1) is 0 Å². The lowest BCUT2D eigenvalue weighted by molar-refractivity contribution is 0.475.